The second kappa shape index (κ2) is 3.12. The van der Waals surface area contributed by atoms with Gasteiger partial charge in [-0.2, -0.15) is 0 Å². The van der Waals surface area contributed by atoms with Crippen LogP contribution in [0.3, 0.4) is 0 Å². The second-order valence-electron chi connectivity index (χ2n) is 3.21. The van der Waals surface area contributed by atoms with E-state index in [2.05, 4.69) is 38.3 Å². The zero-order chi connectivity index (χ0) is 8.43. The van der Waals surface area contributed by atoms with E-state index < -0.39 is 0 Å². The maximum absolute atomic E-state index is 2.38. The molecule has 1 aromatic heterocycles. The summed E-state index contributed by atoms with van der Waals surface area (Å²) in [7, 11) is 0. The van der Waals surface area contributed by atoms with Crippen molar-refractivity contribution in [2.75, 3.05) is 0 Å². The molecule has 0 N–H and O–H groups in total. The lowest BCUT2D eigenvalue weighted by Gasteiger charge is -2.06. The average molecular weight is 151 g/mol. The summed E-state index contributed by atoms with van der Waals surface area (Å²) in [6.45, 7) is 9.92. The van der Waals surface area contributed by atoms with Crippen molar-refractivity contribution in [2.45, 2.75) is 40.7 Å². The van der Waals surface area contributed by atoms with Crippen LogP contribution in [0.5, 0.6) is 0 Å². The highest BCUT2D eigenvalue weighted by Crippen LogP contribution is 2.13. The van der Waals surface area contributed by atoms with Crippen LogP contribution < -0.4 is 0 Å². The topological polar surface area (TPSA) is 4.93 Å². The summed E-state index contributed by atoms with van der Waals surface area (Å²) in [6.07, 6.45) is 1.22. The normalized spacial score (nSPS) is 10.5. The number of hydrogen-bond acceptors (Lipinski definition) is 0. The largest absolute Gasteiger partial charge is 0.349 e. The molecule has 0 saturated heterocycles. The van der Waals surface area contributed by atoms with Crippen LogP contribution in [0.1, 0.15) is 30.3 Å². The van der Waals surface area contributed by atoms with Crippen molar-refractivity contribution in [3.05, 3.63) is 23.0 Å². The number of nitrogens with zero attached hydrogens (tertiary/aromatic N) is 1. The van der Waals surface area contributed by atoms with Crippen LogP contribution in [-0.4, -0.2) is 4.57 Å². The molecule has 0 aliphatic carbocycles. The number of aromatic nitrogens is 1. The predicted molar refractivity (Wildman–Crippen MR) is 48.9 cm³/mol. The van der Waals surface area contributed by atoms with Gasteiger partial charge in [-0.3, -0.25) is 0 Å². The van der Waals surface area contributed by atoms with E-state index >= 15 is 0 Å². The van der Waals surface area contributed by atoms with Crippen LogP contribution in [-0.2, 0) is 6.54 Å². The molecule has 1 heterocycles. The number of aryl methyl sites for hydroxylation is 2. The molecule has 1 aromatic rings. The molecule has 1 rings (SSSR count). The van der Waals surface area contributed by atoms with E-state index in [-0.39, 0.29) is 0 Å². The minimum absolute atomic E-state index is 1.16. The average Bonchev–Trinajstić information content (AvgIpc) is 2.17. The minimum Gasteiger partial charge on any atom is -0.349 e. The van der Waals surface area contributed by atoms with Crippen molar-refractivity contribution in [3.63, 3.8) is 0 Å². The van der Waals surface area contributed by atoms with E-state index in [4.69, 9.17) is 0 Å². The first-order valence-corrected chi connectivity index (χ1v) is 4.30. The van der Waals surface area contributed by atoms with Crippen molar-refractivity contribution >= 4 is 0 Å². The molecular weight excluding hydrogens is 134 g/mol. The van der Waals surface area contributed by atoms with Crippen LogP contribution in [0.4, 0.5) is 0 Å². The molecule has 62 valence electrons. The van der Waals surface area contributed by atoms with Crippen LogP contribution in [0.2, 0.25) is 0 Å². The third kappa shape index (κ3) is 1.47. The summed E-state index contributed by atoms with van der Waals surface area (Å²) in [4.78, 5) is 0. The first-order valence-electron chi connectivity index (χ1n) is 4.30. The Morgan fingerprint density at radius 1 is 1.27 bits per heavy atom. The molecule has 0 amide bonds. The molecular formula is C10H17N. The molecule has 0 atom stereocenters. The van der Waals surface area contributed by atoms with Crippen LogP contribution in [0.25, 0.3) is 0 Å². The molecule has 0 radical (unpaired) electrons. The Hall–Kier alpha value is -0.720. The summed E-state index contributed by atoms with van der Waals surface area (Å²) in [5, 5.41) is 0. The molecule has 11 heavy (non-hydrogen) atoms. The summed E-state index contributed by atoms with van der Waals surface area (Å²) in [6, 6.07) is 2.25. The van der Waals surface area contributed by atoms with E-state index in [1.807, 2.05) is 0 Å². The van der Waals surface area contributed by atoms with Gasteiger partial charge < -0.3 is 4.57 Å². The molecule has 0 bridgehead atoms. The van der Waals surface area contributed by atoms with Crippen LogP contribution in [0, 0.1) is 20.8 Å². The predicted octanol–water partition coefficient (Wildman–Crippen LogP) is 2.82. The quantitative estimate of drug-likeness (QED) is 0.612. The van der Waals surface area contributed by atoms with E-state index in [9.17, 15) is 0 Å². The highest BCUT2D eigenvalue weighted by Gasteiger charge is 2.02. The number of rotatable bonds is 2. The fourth-order valence-electron chi connectivity index (χ4n) is 1.54. The highest BCUT2D eigenvalue weighted by molar-refractivity contribution is 5.24. The summed E-state index contributed by atoms with van der Waals surface area (Å²) >= 11 is 0. The second-order valence-corrected chi connectivity index (χ2v) is 3.21. The van der Waals surface area contributed by atoms with Crippen molar-refractivity contribution in [2.24, 2.45) is 0 Å². The van der Waals surface area contributed by atoms with Crippen molar-refractivity contribution < 1.29 is 0 Å². The van der Waals surface area contributed by atoms with Crippen LogP contribution in [0.15, 0.2) is 6.07 Å². The first kappa shape index (κ1) is 8.38. The zero-order valence-corrected chi connectivity index (χ0v) is 7.94. The fraction of sp³-hybridized carbons (Fsp3) is 0.600. The van der Waals surface area contributed by atoms with Gasteiger partial charge in [-0.1, -0.05) is 6.92 Å². The zero-order valence-electron chi connectivity index (χ0n) is 7.94. The Morgan fingerprint density at radius 2 is 1.91 bits per heavy atom. The minimum atomic E-state index is 1.16. The molecule has 0 spiro atoms. The molecule has 0 fully saturated rings. The van der Waals surface area contributed by atoms with Gasteiger partial charge in [-0.25, -0.2) is 0 Å². The first-order chi connectivity index (χ1) is 5.16. The van der Waals surface area contributed by atoms with Gasteiger partial charge >= 0.3 is 0 Å². The van der Waals surface area contributed by atoms with Crippen molar-refractivity contribution in [3.8, 4) is 0 Å². The molecule has 0 saturated carbocycles. The maximum atomic E-state index is 2.38. The Bertz CT molecular complexity index is 246. The van der Waals surface area contributed by atoms with Gasteiger partial charge in [-0.15, -0.1) is 0 Å². The van der Waals surface area contributed by atoms with E-state index in [1.54, 1.807) is 0 Å². The van der Waals surface area contributed by atoms with Gasteiger partial charge in [0.05, 0.1) is 0 Å². The summed E-state index contributed by atoms with van der Waals surface area (Å²) < 4.78 is 2.38. The molecule has 1 nitrogen and oxygen atoms in total. The highest BCUT2D eigenvalue weighted by atomic mass is 15.0. The summed E-state index contributed by atoms with van der Waals surface area (Å²) in [5.41, 5.74) is 4.22. The SMILES string of the molecule is CCCn1c(C)cc(C)c1C. The smallest absolute Gasteiger partial charge is 0.0222 e. The van der Waals surface area contributed by atoms with E-state index in [1.165, 1.54) is 23.4 Å². The molecule has 0 aromatic carbocycles. The van der Waals surface area contributed by atoms with Gasteiger partial charge in [0.25, 0.3) is 0 Å². The lowest BCUT2D eigenvalue weighted by molar-refractivity contribution is 0.647. The van der Waals surface area contributed by atoms with Gasteiger partial charge in [0, 0.05) is 17.9 Å². The third-order valence-electron chi connectivity index (χ3n) is 2.27. The van der Waals surface area contributed by atoms with E-state index in [0.717, 1.165) is 6.54 Å². The van der Waals surface area contributed by atoms with E-state index in [0.29, 0.717) is 0 Å². The van der Waals surface area contributed by atoms with Crippen molar-refractivity contribution in [1.29, 1.82) is 0 Å². The Balaban J connectivity index is 3.02. The molecule has 1 heteroatoms. The summed E-state index contributed by atoms with van der Waals surface area (Å²) in [5.74, 6) is 0. The Kier molecular flexibility index (Phi) is 2.38. The number of hydrogen-bond donors (Lipinski definition) is 0. The lowest BCUT2D eigenvalue weighted by atomic mass is 10.3. The van der Waals surface area contributed by atoms with Crippen LogP contribution >= 0.6 is 0 Å². The van der Waals surface area contributed by atoms with Gasteiger partial charge in [0.2, 0.25) is 0 Å². The monoisotopic (exact) mass is 151 g/mol. The fourth-order valence-corrected chi connectivity index (χ4v) is 1.54. The Morgan fingerprint density at radius 3 is 2.27 bits per heavy atom. The maximum Gasteiger partial charge on any atom is 0.0222 e. The van der Waals surface area contributed by atoms with Gasteiger partial charge in [0.1, 0.15) is 0 Å². The molecule has 0 aliphatic heterocycles. The molecule has 0 unspecified atom stereocenters. The van der Waals surface area contributed by atoms with Gasteiger partial charge in [-0.05, 0) is 38.8 Å². The lowest BCUT2D eigenvalue weighted by Crippen LogP contribution is -2.00. The van der Waals surface area contributed by atoms with Crippen molar-refractivity contribution in [1.82, 2.24) is 4.57 Å². The third-order valence-corrected chi connectivity index (χ3v) is 2.27. The Labute approximate surface area is 69.0 Å². The van der Waals surface area contributed by atoms with Gasteiger partial charge in [0.15, 0.2) is 0 Å². The molecule has 0 aliphatic rings. The standard InChI is InChI=1S/C10H17N/c1-5-6-11-9(3)7-8(2)10(11)4/h7H,5-6H2,1-4H3.